The molecule has 0 saturated carbocycles. The number of nitrogens with zero attached hydrogens (tertiary/aromatic N) is 5. The fourth-order valence-electron chi connectivity index (χ4n) is 5.15. The van der Waals surface area contributed by atoms with Crippen molar-refractivity contribution in [3.63, 3.8) is 0 Å². The number of aromatic nitrogens is 4. The minimum Gasteiger partial charge on any atom is -0.383 e. The molecule has 180 valence electrons. The number of nitrogen functional groups attached to an aromatic ring is 1. The van der Waals surface area contributed by atoms with Gasteiger partial charge >= 0.3 is 6.18 Å². The molecule has 2 N–H and O–H groups in total. The molecule has 1 saturated heterocycles. The smallest absolute Gasteiger partial charge is 0.383 e. The number of aryl methyl sites for hydroxylation is 1. The van der Waals surface area contributed by atoms with Gasteiger partial charge in [-0.2, -0.15) is 18.3 Å². The Morgan fingerprint density at radius 3 is 2.77 bits per heavy atom. The van der Waals surface area contributed by atoms with E-state index in [1.54, 1.807) is 24.0 Å². The highest BCUT2D eigenvalue weighted by atomic mass is 19.4. The molecule has 2 unspecified atom stereocenters. The molecule has 12 heteroatoms. The molecule has 0 spiro atoms. The maximum atomic E-state index is 15.0. The quantitative estimate of drug-likeness (QED) is 0.414. The predicted molar refractivity (Wildman–Crippen MR) is 117 cm³/mol. The van der Waals surface area contributed by atoms with E-state index in [9.17, 15) is 22.4 Å². The van der Waals surface area contributed by atoms with Crippen LogP contribution in [0.4, 0.5) is 23.4 Å². The van der Waals surface area contributed by atoms with Crippen molar-refractivity contribution >= 4 is 33.5 Å². The summed E-state index contributed by atoms with van der Waals surface area (Å²) >= 11 is 0. The summed E-state index contributed by atoms with van der Waals surface area (Å²) in [6.07, 6.45) is -2.23. The lowest BCUT2D eigenvalue weighted by Gasteiger charge is -2.38. The third-order valence-electron chi connectivity index (χ3n) is 6.69. The van der Waals surface area contributed by atoms with Gasteiger partial charge in [-0.25, -0.2) is 14.4 Å². The van der Waals surface area contributed by atoms with Crippen molar-refractivity contribution in [1.29, 1.82) is 0 Å². The lowest BCUT2D eigenvalue weighted by atomic mass is 10.0. The standard InChI is InChI=1S/C23H18F4N6O2/c1-32-19-12-7-15(29-9-16(12)31-21(28)13(19)8-30-32)22(34)33-2-3-35-17-5-10-4-11(23(25,26)27)6-14(24)18(10)20(17)33/h4,6-9,17,20H,2-3,5H2,1H3,(H2,28,31). The Bertz CT molecular complexity index is 1530. The zero-order valence-corrected chi connectivity index (χ0v) is 18.3. The lowest BCUT2D eigenvalue weighted by Crippen LogP contribution is -2.47. The van der Waals surface area contributed by atoms with Crippen LogP contribution in [-0.4, -0.2) is 49.8 Å². The third kappa shape index (κ3) is 3.23. The number of benzene rings is 1. The number of hydrogen-bond acceptors (Lipinski definition) is 6. The molecule has 2 aliphatic rings. The fraction of sp³-hybridized carbons (Fsp3) is 0.304. The van der Waals surface area contributed by atoms with E-state index in [4.69, 9.17) is 10.5 Å². The van der Waals surface area contributed by atoms with E-state index >= 15 is 0 Å². The van der Waals surface area contributed by atoms with E-state index in [-0.39, 0.29) is 42.2 Å². The molecule has 6 rings (SSSR count). The van der Waals surface area contributed by atoms with Gasteiger partial charge < -0.3 is 15.4 Å². The number of carbonyl (C=O) groups is 1. The van der Waals surface area contributed by atoms with Gasteiger partial charge in [0.05, 0.1) is 53.1 Å². The Balaban J connectivity index is 1.43. The average molecular weight is 486 g/mol. The van der Waals surface area contributed by atoms with Crippen molar-refractivity contribution in [2.45, 2.75) is 24.7 Å². The molecule has 0 bridgehead atoms. The van der Waals surface area contributed by atoms with E-state index in [0.717, 1.165) is 6.07 Å². The Morgan fingerprint density at radius 2 is 2.00 bits per heavy atom. The molecule has 1 aliphatic carbocycles. The van der Waals surface area contributed by atoms with Crippen LogP contribution < -0.4 is 5.73 Å². The summed E-state index contributed by atoms with van der Waals surface area (Å²) in [5.41, 5.74) is 6.45. The molecule has 8 nitrogen and oxygen atoms in total. The number of nitrogens with two attached hydrogens (primary N) is 1. The molecule has 1 aromatic carbocycles. The summed E-state index contributed by atoms with van der Waals surface area (Å²) in [6.45, 7) is 0.313. The largest absolute Gasteiger partial charge is 0.416 e. The highest BCUT2D eigenvalue weighted by Gasteiger charge is 2.45. The summed E-state index contributed by atoms with van der Waals surface area (Å²) in [6, 6.07) is 2.14. The molecule has 4 heterocycles. The van der Waals surface area contributed by atoms with Gasteiger partial charge in [0.25, 0.3) is 5.91 Å². The number of anilines is 1. The Morgan fingerprint density at radius 1 is 1.20 bits per heavy atom. The number of hydrogen-bond donors (Lipinski definition) is 1. The number of rotatable bonds is 1. The second-order valence-electron chi connectivity index (χ2n) is 8.70. The third-order valence-corrected chi connectivity index (χ3v) is 6.69. The maximum absolute atomic E-state index is 15.0. The van der Waals surface area contributed by atoms with Gasteiger partial charge in [-0.05, 0) is 23.8 Å². The molecule has 2 atom stereocenters. The average Bonchev–Trinajstić information content (AvgIpc) is 3.39. The number of halogens is 4. The number of amides is 1. The van der Waals surface area contributed by atoms with Crippen LogP contribution in [0.15, 0.2) is 30.6 Å². The highest BCUT2D eigenvalue weighted by molar-refractivity contribution is 6.09. The van der Waals surface area contributed by atoms with Crippen molar-refractivity contribution in [3.05, 3.63) is 58.8 Å². The van der Waals surface area contributed by atoms with Gasteiger partial charge in [-0.15, -0.1) is 0 Å². The fourth-order valence-corrected chi connectivity index (χ4v) is 5.15. The van der Waals surface area contributed by atoms with E-state index in [2.05, 4.69) is 15.1 Å². The van der Waals surface area contributed by atoms with Gasteiger partial charge in [0.1, 0.15) is 17.3 Å². The first-order valence-corrected chi connectivity index (χ1v) is 10.8. The van der Waals surface area contributed by atoms with Crippen molar-refractivity contribution in [2.75, 3.05) is 18.9 Å². The number of morpholine rings is 1. The van der Waals surface area contributed by atoms with Crippen molar-refractivity contribution in [3.8, 4) is 0 Å². The summed E-state index contributed by atoms with van der Waals surface area (Å²) in [5, 5.41) is 5.46. The van der Waals surface area contributed by atoms with E-state index in [0.29, 0.717) is 27.9 Å². The van der Waals surface area contributed by atoms with Crippen LogP contribution in [0.3, 0.4) is 0 Å². The number of carbonyl (C=O) groups excluding carboxylic acids is 1. The van der Waals surface area contributed by atoms with Crippen LogP contribution in [0.5, 0.6) is 0 Å². The Kier molecular flexibility index (Phi) is 4.56. The molecule has 1 aliphatic heterocycles. The minimum atomic E-state index is -4.68. The van der Waals surface area contributed by atoms with Crippen molar-refractivity contribution < 1.29 is 27.1 Å². The van der Waals surface area contributed by atoms with Gasteiger partial charge in [0, 0.05) is 31.0 Å². The second-order valence-corrected chi connectivity index (χ2v) is 8.70. The Labute approximate surface area is 195 Å². The zero-order valence-electron chi connectivity index (χ0n) is 18.3. The van der Waals surface area contributed by atoms with Crippen LogP contribution in [-0.2, 0) is 24.4 Å². The first kappa shape index (κ1) is 21.7. The minimum absolute atomic E-state index is 0.0558. The van der Waals surface area contributed by atoms with E-state index in [1.807, 2.05) is 0 Å². The topological polar surface area (TPSA) is 99.2 Å². The summed E-state index contributed by atoms with van der Waals surface area (Å²) in [4.78, 5) is 23.6. The molecule has 3 aromatic heterocycles. The molecular weight excluding hydrogens is 468 g/mol. The number of pyridine rings is 2. The van der Waals surface area contributed by atoms with Crippen LogP contribution in [0.2, 0.25) is 0 Å². The first-order valence-electron chi connectivity index (χ1n) is 10.8. The summed E-state index contributed by atoms with van der Waals surface area (Å²) < 4.78 is 62.0. The highest BCUT2D eigenvalue weighted by Crippen LogP contribution is 2.44. The van der Waals surface area contributed by atoms with E-state index in [1.165, 1.54) is 11.1 Å². The Hall–Kier alpha value is -3.80. The van der Waals surface area contributed by atoms with Crippen LogP contribution >= 0.6 is 0 Å². The van der Waals surface area contributed by atoms with Crippen molar-refractivity contribution in [1.82, 2.24) is 24.6 Å². The summed E-state index contributed by atoms with van der Waals surface area (Å²) in [5.74, 6) is -1.20. The molecule has 1 amide bonds. The van der Waals surface area contributed by atoms with Crippen LogP contribution in [0, 0.1) is 5.82 Å². The predicted octanol–water partition coefficient (Wildman–Crippen LogP) is 3.40. The SMILES string of the molecule is Cn1ncc2c(N)nc3cnc(C(=O)N4CCOC5Cc6cc(C(F)(F)F)cc(F)c6C54)cc3c21. The number of ether oxygens (including phenoxy) is 1. The van der Waals surface area contributed by atoms with Gasteiger partial charge in [0.2, 0.25) is 0 Å². The summed E-state index contributed by atoms with van der Waals surface area (Å²) in [7, 11) is 1.74. The second kappa shape index (κ2) is 7.35. The number of alkyl halides is 3. The zero-order chi connectivity index (χ0) is 24.6. The van der Waals surface area contributed by atoms with Crippen LogP contribution in [0.25, 0.3) is 21.8 Å². The molecule has 35 heavy (non-hydrogen) atoms. The molecule has 0 radical (unpaired) electrons. The number of fused-ring (bicyclic) bond motifs is 6. The lowest BCUT2D eigenvalue weighted by molar-refractivity contribution is -0.137. The molecule has 4 aromatic rings. The monoisotopic (exact) mass is 486 g/mol. The van der Waals surface area contributed by atoms with Gasteiger partial charge in [-0.3, -0.25) is 9.48 Å². The van der Waals surface area contributed by atoms with Gasteiger partial charge in [-0.1, -0.05) is 0 Å². The maximum Gasteiger partial charge on any atom is 0.416 e. The van der Waals surface area contributed by atoms with Crippen molar-refractivity contribution in [2.24, 2.45) is 7.05 Å². The first-order chi connectivity index (χ1) is 16.6. The molecular formula is C23H18F4N6O2. The van der Waals surface area contributed by atoms with Gasteiger partial charge in [0.15, 0.2) is 0 Å². The van der Waals surface area contributed by atoms with Crippen LogP contribution in [0.1, 0.15) is 33.2 Å². The molecule has 1 fully saturated rings. The normalized spacial score (nSPS) is 19.9. The van der Waals surface area contributed by atoms with E-state index < -0.39 is 35.6 Å².